The first-order valence-corrected chi connectivity index (χ1v) is 10.3. The average Bonchev–Trinajstić information content (AvgIpc) is 2.70. The molecule has 28 heavy (non-hydrogen) atoms. The largest absolute Gasteiger partial charge is 0.497 e. The molecule has 0 fully saturated rings. The number of methoxy groups -OCH3 is 1. The molecular weight excluding hydrogens is 398 g/mol. The number of rotatable bonds is 10. The highest BCUT2D eigenvalue weighted by atomic mass is 35.5. The van der Waals surface area contributed by atoms with Gasteiger partial charge in [0.25, 0.3) is 5.91 Å². The zero-order valence-electron chi connectivity index (χ0n) is 15.9. The smallest absolute Gasteiger partial charge is 0.307 e. The summed E-state index contributed by atoms with van der Waals surface area (Å²) in [4.78, 5) is 25.0. The van der Waals surface area contributed by atoms with Crippen molar-refractivity contribution in [2.45, 2.75) is 30.8 Å². The number of halogens is 1. The fraction of sp³-hybridized carbons (Fsp3) is 0.333. The lowest BCUT2D eigenvalue weighted by atomic mass is 10.1. The average molecular weight is 422 g/mol. The molecule has 5 nitrogen and oxygen atoms in total. The summed E-state index contributed by atoms with van der Waals surface area (Å²) in [6.45, 7) is 2.05. The highest BCUT2D eigenvalue weighted by Crippen LogP contribution is 2.21. The Bertz CT molecular complexity index is 765. The van der Waals surface area contributed by atoms with Crippen LogP contribution in [0.25, 0.3) is 0 Å². The van der Waals surface area contributed by atoms with E-state index in [0.29, 0.717) is 23.7 Å². The fourth-order valence-corrected chi connectivity index (χ4v) is 3.32. The van der Waals surface area contributed by atoms with Crippen molar-refractivity contribution in [3.05, 3.63) is 59.1 Å². The lowest BCUT2D eigenvalue weighted by Gasteiger charge is -2.13. The van der Waals surface area contributed by atoms with Crippen LogP contribution in [0.2, 0.25) is 5.02 Å². The number of ether oxygens (including phenoxy) is 2. The molecule has 1 amide bonds. The minimum atomic E-state index is -0.816. The summed E-state index contributed by atoms with van der Waals surface area (Å²) < 4.78 is 10.3. The highest BCUT2D eigenvalue weighted by molar-refractivity contribution is 7.99. The number of hydrogen-bond acceptors (Lipinski definition) is 5. The molecule has 0 aliphatic carbocycles. The standard InChI is InChI=1S/C21H24ClNO4S/c1-15(21(25)23-13-11-16-3-7-18(26-2)8-4-16)27-20(24)12-14-28-19-9-5-17(22)6-10-19/h3-10,15H,11-14H2,1-2H3,(H,23,25)/t15-/m0/s1. The van der Waals surface area contributed by atoms with Crippen molar-refractivity contribution >= 4 is 35.2 Å². The predicted molar refractivity (Wildman–Crippen MR) is 112 cm³/mol. The lowest BCUT2D eigenvalue weighted by Crippen LogP contribution is -2.36. The van der Waals surface area contributed by atoms with Crippen molar-refractivity contribution in [3.63, 3.8) is 0 Å². The summed E-state index contributed by atoms with van der Waals surface area (Å²) in [5.41, 5.74) is 1.09. The van der Waals surface area contributed by atoms with E-state index in [2.05, 4.69) is 5.32 Å². The fourth-order valence-electron chi connectivity index (χ4n) is 2.36. The second-order valence-corrected chi connectivity index (χ2v) is 7.68. The SMILES string of the molecule is COc1ccc(CCNC(=O)[C@H](C)OC(=O)CCSc2ccc(Cl)cc2)cc1. The summed E-state index contributed by atoms with van der Waals surface area (Å²) >= 11 is 7.38. The third-order valence-electron chi connectivity index (χ3n) is 3.94. The molecule has 1 atom stereocenters. The van der Waals surface area contributed by atoms with Crippen LogP contribution in [0.15, 0.2) is 53.4 Å². The molecule has 2 aromatic rings. The molecule has 0 bridgehead atoms. The number of nitrogens with one attached hydrogen (secondary N) is 1. The second kappa shape index (κ2) is 11.6. The number of carbonyl (C=O) groups excluding carboxylic acids is 2. The molecule has 0 aliphatic rings. The molecule has 0 saturated heterocycles. The topological polar surface area (TPSA) is 64.6 Å². The maximum Gasteiger partial charge on any atom is 0.307 e. The van der Waals surface area contributed by atoms with Crippen molar-refractivity contribution in [3.8, 4) is 5.75 Å². The van der Waals surface area contributed by atoms with Crippen LogP contribution in [0.1, 0.15) is 18.9 Å². The minimum absolute atomic E-state index is 0.233. The van der Waals surface area contributed by atoms with Gasteiger partial charge in [-0.05, 0) is 55.3 Å². The van der Waals surface area contributed by atoms with Gasteiger partial charge in [-0.15, -0.1) is 11.8 Å². The van der Waals surface area contributed by atoms with E-state index in [1.54, 1.807) is 26.2 Å². The van der Waals surface area contributed by atoms with Crippen molar-refractivity contribution in [2.75, 3.05) is 19.4 Å². The first kappa shape index (κ1) is 22.1. The van der Waals surface area contributed by atoms with Crippen molar-refractivity contribution in [2.24, 2.45) is 0 Å². The molecule has 0 heterocycles. The van der Waals surface area contributed by atoms with Crippen LogP contribution in [0.5, 0.6) is 5.75 Å². The maximum absolute atomic E-state index is 12.1. The first-order chi connectivity index (χ1) is 13.5. The van der Waals surface area contributed by atoms with Crippen LogP contribution in [-0.2, 0) is 20.7 Å². The molecule has 0 spiro atoms. The summed E-state index contributed by atoms with van der Waals surface area (Å²) in [7, 11) is 1.62. The number of hydrogen-bond donors (Lipinski definition) is 1. The number of carbonyl (C=O) groups is 2. The molecule has 0 aromatic heterocycles. The normalized spacial score (nSPS) is 11.5. The summed E-state index contributed by atoms with van der Waals surface area (Å²) in [6, 6.07) is 15.1. The number of amides is 1. The van der Waals surface area contributed by atoms with Gasteiger partial charge in [-0.2, -0.15) is 0 Å². The zero-order chi connectivity index (χ0) is 20.4. The number of esters is 1. The van der Waals surface area contributed by atoms with Gasteiger partial charge in [-0.3, -0.25) is 9.59 Å². The molecule has 0 aliphatic heterocycles. The van der Waals surface area contributed by atoms with Crippen LogP contribution in [0, 0.1) is 0 Å². The monoisotopic (exact) mass is 421 g/mol. The minimum Gasteiger partial charge on any atom is -0.497 e. The Hall–Kier alpha value is -2.18. The summed E-state index contributed by atoms with van der Waals surface area (Å²) in [6.07, 6.45) is 0.106. The van der Waals surface area contributed by atoms with Gasteiger partial charge in [0.2, 0.25) is 0 Å². The van der Waals surface area contributed by atoms with Crippen LogP contribution in [-0.4, -0.2) is 37.4 Å². The second-order valence-electron chi connectivity index (χ2n) is 6.07. The molecular formula is C21H24ClNO4S. The van der Waals surface area contributed by atoms with E-state index in [1.165, 1.54) is 11.8 Å². The van der Waals surface area contributed by atoms with Gasteiger partial charge in [0.15, 0.2) is 6.10 Å². The molecule has 1 N–H and O–H groups in total. The lowest BCUT2D eigenvalue weighted by molar-refractivity contribution is -0.154. The quantitative estimate of drug-likeness (QED) is 0.461. The Morgan fingerprint density at radius 3 is 2.43 bits per heavy atom. The van der Waals surface area contributed by atoms with Crippen molar-refractivity contribution < 1.29 is 19.1 Å². The maximum atomic E-state index is 12.1. The van der Waals surface area contributed by atoms with Crippen molar-refractivity contribution in [1.82, 2.24) is 5.32 Å². The van der Waals surface area contributed by atoms with Crippen LogP contribution in [0.3, 0.4) is 0 Å². The van der Waals surface area contributed by atoms with E-state index in [1.807, 2.05) is 36.4 Å². The van der Waals surface area contributed by atoms with E-state index in [-0.39, 0.29) is 18.3 Å². The highest BCUT2D eigenvalue weighted by Gasteiger charge is 2.17. The van der Waals surface area contributed by atoms with Crippen LogP contribution < -0.4 is 10.1 Å². The van der Waals surface area contributed by atoms with Crippen LogP contribution >= 0.6 is 23.4 Å². The van der Waals surface area contributed by atoms with E-state index in [4.69, 9.17) is 21.1 Å². The van der Waals surface area contributed by atoms with Gasteiger partial charge in [-0.1, -0.05) is 23.7 Å². The van der Waals surface area contributed by atoms with E-state index < -0.39 is 6.10 Å². The van der Waals surface area contributed by atoms with E-state index in [0.717, 1.165) is 16.2 Å². The van der Waals surface area contributed by atoms with Gasteiger partial charge >= 0.3 is 5.97 Å². The van der Waals surface area contributed by atoms with Gasteiger partial charge < -0.3 is 14.8 Å². The summed E-state index contributed by atoms with van der Waals surface area (Å²) in [5.74, 6) is 0.681. The number of thioether (sulfide) groups is 1. The van der Waals surface area contributed by atoms with Gasteiger partial charge in [0.05, 0.1) is 13.5 Å². The Morgan fingerprint density at radius 1 is 1.11 bits per heavy atom. The van der Waals surface area contributed by atoms with Crippen LogP contribution in [0.4, 0.5) is 0 Å². The Labute approximate surface area is 174 Å². The van der Waals surface area contributed by atoms with E-state index >= 15 is 0 Å². The summed E-state index contributed by atoms with van der Waals surface area (Å²) in [5, 5.41) is 3.46. The van der Waals surface area contributed by atoms with E-state index in [9.17, 15) is 9.59 Å². The number of benzene rings is 2. The van der Waals surface area contributed by atoms with Gasteiger partial charge in [0.1, 0.15) is 5.75 Å². The molecule has 2 rings (SSSR count). The third-order valence-corrected chi connectivity index (χ3v) is 5.20. The molecule has 0 saturated carbocycles. The zero-order valence-corrected chi connectivity index (χ0v) is 17.5. The Morgan fingerprint density at radius 2 is 1.79 bits per heavy atom. The molecule has 7 heteroatoms. The van der Waals surface area contributed by atoms with Gasteiger partial charge in [-0.25, -0.2) is 0 Å². The molecule has 2 aromatic carbocycles. The van der Waals surface area contributed by atoms with Gasteiger partial charge in [0, 0.05) is 22.2 Å². The Kier molecular flexibility index (Phi) is 9.17. The predicted octanol–water partition coefficient (Wildman–Crippen LogP) is 4.12. The third kappa shape index (κ3) is 7.82. The Balaban J connectivity index is 1.63. The molecule has 150 valence electrons. The first-order valence-electron chi connectivity index (χ1n) is 8.96. The van der Waals surface area contributed by atoms with Crippen molar-refractivity contribution in [1.29, 1.82) is 0 Å². The molecule has 0 radical (unpaired) electrons. The molecule has 0 unspecified atom stereocenters.